The molecule has 14 aromatic rings. The molecule has 0 spiro atoms. The van der Waals surface area contributed by atoms with E-state index in [2.05, 4.69) is 335 Å². The van der Waals surface area contributed by atoms with Gasteiger partial charge in [-0.3, -0.25) is 0 Å². The lowest BCUT2D eigenvalue weighted by molar-refractivity contribution is 0.590. The number of rotatable bonds is 8. The van der Waals surface area contributed by atoms with E-state index >= 15 is 0 Å². The summed E-state index contributed by atoms with van der Waals surface area (Å²) in [5.41, 5.74) is 26.1. The van der Waals surface area contributed by atoms with Crippen LogP contribution >= 0.6 is 0 Å². The monoisotopic (exact) mass is 1100 g/mol. The van der Waals surface area contributed by atoms with Crippen molar-refractivity contribution in [2.75, 3.05) is 9.80 Å². The molecule has 0 saturated carbocycles. The number of para-hydroxylation sites is 2. The van der Waals surface area contributed by atoms with E-state index in [1.807, 2.05) is 0 Å². The van der Waals surface area contributed by atoms with Crippen molar-refractivity contribution < 1.29 is 0 Å². The van der Waals surface area contributed by atoms with Crippen molar-refractivity contribution in [3.63, 3.8) is 0 Å². The van der Waals surface area contributed by atoms with Crippen LogP contribution in [0.25, 0.3) is 99.0 Å². The first kappa shape index (κ1) is 51.5. The van der Waals surface area contributed by atoms with Crippen LogP contribution in [-0.4, -0.2) is 11.3 Å². The first-order chi connectivity index (χ1) is 41.9. The summed E-state index contributed by atoms with van der Waals surface area (Å²) in [6.45, 7) is 13.9. The normalized spacial score (nSPS) is 12.7. The Labute approximate surface area is 504 Å². The molecule has 3 nitrogen and oxygen atoms in total. The van der Waals surface area contributed by atoms with Gasteiger partial charge in [-0.05, 0) is 189 Å². The van der Waals surface area contributed by atoms with Crippen LogP contribution in [0.4, 0.5) is 34.1 Å². The Hall–Kier alpha value is -10.2. The largest absolute Gasteiger partial charge is 0.375 e. The van der Waals surface area contributed by atoms with Gasteiger partial charge in [0.1, 0.15) is 0 Å². The Morgan fingerprint density at radius 1 is 0.326 bits per heavy atom. The summed E-state index contributed by atoms with van der Waals surface area (Å²) in [7, 11) is 0. The SMILES string of the molecule is CC(C)(C)c1ccc2c(c1)c1cc(C(C)(C)C)cc3c1n2B1c2cc4c(-c5ccccc5)c5ccccc5c(-c5ccccc5)c4cc2N(c2cc(-c4ccccc4)cc(-c4ccccc4)c2)c2cc(N(c4ccccc4)c4ccccc4)cc-3c21. The zero-order valence-corrected chi connectivity index (χ0v) is 49.5. The molecule has 2 aliphatic heterocycles. The zero-order valence-electron chi connectivity index (χ0n) is 49.5. The second-order valence-corrected chi connectivity index (χ2v) is 25.7. The Bertz CT molecular complexity index is 4880. The zero-order chi connectivity index (χ0) is 58.0. The van der Waals surface area contributed by atoms with Gasteiger partial charge in [0.2, 0.25) is 0 Å². The van der Waals surface area contributed by atoms with Gasteiger partial charge in [0, 0.05) is 61.5 Å². The smallest absolute Gasteiger partial charge is 0.333 e. The van der Waals surface area contributed by atoms with E-state index in [0.717, 1.165) is 45.3 Å². The van der Waals surface area contributed by atoms with Crippen molar-refractivity contribution in [2.24, 2.45) is 0 Å². The summed E-state index contributed by atoms with van der Waals surface area (Å²) in [5, 5.41) is 7.49. The lowest BCUT2D eigenvalue weighted by Gasteiger charge is -2.42. The summed E-state index contributed by atoms with van der Waals surface area (Å²) in [6, 6.07) is 105. The van der Waals surface area contributed by atoms with E-state index in [0.29, 0.717) is 0 Å². The topological polar surface area (TPSA) is 11.4 Å². The summed E-state index contributed by atoms with van der Waals surface area (Å²) < 4.78 is 2.76. The highest BCUT2D eigenvalue weighted by Gasteiger charge is 2.45. The Kier molecular flexibility index (Phi) is 11.8. The summed E-state index contributed by atoms with van der Waals surface area (Å²) >= 11 is 0. The number of nitrogens with zero attached hydrogens (tertiary/aromatic N) is 3. The molecule has 0 fully saturated rings. The van der Waals surface area contributed by atoms with Crippen molar-refractivity contribution in [1.82, 2.24) is 4.48 Å². The maximum atomic E-state index is 2.76. The predicted octanol–water partition coefficient (Wildman–Crippen LogP) is 21.3. The lowest BCUT2D eigenvalue weighted by atomic mass is 9.44. The molecule has 0 radical (unpaired) electrons. The second-order valence-electron chi connectivity index (χ2n) is 25.7. The van der Waals surface area contributed by atoms with Crippen LogP contribution in [0, 0.1) is 0 Å². The fourth-order valence-electron chi connectivity index (χ4n) is 14.2. The molecule has 4 heteroatoms. The van der Waals surface area contributed by atoms with E-state index in [1.165, 1.54) is 110 Å². The van der Waals surface area contributed by atoms with Crippen molar-refractivity contribution in [1.29, 1.82) is 0 Å². The molecule has 16 rings (SSSR count). The maximum Gasteiger partial charge on any atom is 0.333 e. The number of anilines is 6. The highest BCUT2D eigenvalue weighted by Crippen LogP contribution is 2.53. The Morgan fingerprint density at radius 2 is 0.802 bits per heavy atom. The van der Waals surface area contributed by atoms with Gasteiger partial charge in [0.05, 0.1) is 0 Å². The molecule has 2 aliphatic rings. The minimum Gasteiger partial charge on any atom is -0.375 e. The van der Waals surface area contributed by atoms with Gasteiger partial charge >= 0.3 is 6.85 Å². The van der Waals surface area contributed by atoms with Gasteiger partial charge in [-0.1, -0.05) is 236 Å². The van der Waals surface area contributed by atoms with Crippen molar-refractivity contribution >= 4 is 95.2 Å². The molecule has 3 heterocycles. The minimum absolute atomic E-state index is 0.0621. The minimum atomic E-state index is -0.235. The second kappa shape index (κ2) is 19.7. The summed E-state index contributed by atoms with van der Waals surface area (Å²) in [4.78, 5) is 5.12. The molecule has 0 aliphatic carbocycles. The molecule has 13 aromatic carbocycles. The fraction of sp³-hybridized carbons (Fsp3) is 0.0976. The number of aromatic nitrogens is 1. The first-order valence-electron chi connectivity index (χ1n) is 30.4. The fourth-order valence-corrected chi connectivity index (χ4v) is 14.2. The number of fused-ring (bicyclic) bond motifs is 9. The first-order valence-corrected chi connectivity index (χ1v) is 30.4. The van der Waals surface area contributed by atoms with E-state index < -0.39 is 0 Å². The molecule has 410 valence electrons. The Balaban J connectivity index is 1.14. The van der Waals surface area contributed by atoms with E-state index in [9.17, 15) is 0 Å². The molecule has 0 amide bonds. The summed E-state index contributed by atoms with van der Waals surface area (Å²) in [5.74, 6) is 0. The molecule has 0 unspecified atom stereocenters. The molecule has 1 aromatic heterocycles. The van der Waals surface area contributed by atoms with Crippen LogP contribution in [0.2, 0.25) is 0 Å². The molecule has 86 heavy (non-hydrogen) atoms. The number of hydrogen-bond acceptors (Lipinski definition) is 2. The number of benzene rings is 13. The highest BCUT2D eigenvalue weighted by atomic mass is 15.2. The highest BCUT2D eigenvalue weighted by molar-refractivity contribution is 6.90. The van der Waals surface area contributed by atoms with Gasteiger partial charge in [-0.2, -0.15) is 0 Å². The van der Waals surface area contributed by atoms with Crippen LogP contribution in [0.1, 0.15) is 52.7 Å². The van der Waals surface area contributed by atoms with E-state index in [-0.39, 0.29) is 17.7 Å². The molecular formula is C82H64BN3. The van der Waals surface area contributed by atoms with Gasteiger partial charge < -0.3 is 14.3 Å². The summed E-state index contributed by atoms with van der Waals surface area (Å²) in [6.07, 6.45) is 0. The standard InChI is InChI=1S/C82H64BN3/c1-81(2,3)59-41-42-74-67(46-59)71-47-60(82(4,5)6)48-72-70-49-64(84(61-35-21-11-22-36-61)62-37-23-12-24-38-62)50-76-79(70)83(86(74)80(71)72)73-51-68-69(78(56-33-19-10-20-34-56)66-40-26-25-39-65(66)77(68)55-31-17-9-18-32-55)52-75(73)85(76)63-44-57(53-27-13-7-14-28-53)43-58(45-63)54-29-15-8-16-30-54/h7-52H,1-6H3. The average Bonchev–Trinajstić information content (AvgIpc) is 1.27. The Morgan fingerprint density at radius 3 is 1.33 bits per heavy atom. The van der Waals surface area contributed by atoms with Gasteiger partial charge in [0.15, 0.2) is 0 Å². The molecule has 0 N–H and O–H groups in total. The van der Waals surface area contributed by atoms with Crippen LogP contribution in [0.15, 0.2) is 279 Å². The van der Waals surface area contributed by atoms with Crippen LogP contribution in [0.5, 0.6) is 0 Å². The maximum absolute atomic E-state index is 2.76. The number of hydrogen-bond donors (Lipinski definition) is 0. The van der Waals surface area contributed by atoms with Gasteiger partial charge in [-0.25, -0.2) is 0 Å². The van der Waals surface area contributed by atoms with Crippen molar-refractivity contribution in [2.45, 2.75) is 52.4 Å². The molecule has 0 atom stereocenters. The van der Waals surface area contributed by atoms with Crippen molar-refractivity contribution in [3.05, 3.63) is 290 Å². The van der Waals surface area contributed by atoms with Gasteiger partial charge in [0.25, 0.3) is 0 Å². The molecule has 0 saturated heterocycles. The third-order valence-electron chi connectivity index (χ3n) is 18.3. The molecular weight excluding hydrogens is 1040 g/mol. The van der Waals surface area contributed by atoms with E-state index in [4.69, 9.17) is 0 Å². The van der Waals surface area contributed by atoms with Crippen LogP contribution in [0.3, 0.4) is 0 Å². The average molecular weight is 1100 g/mol. The third kappa shape index (κ3) is 8.26. The van der Waals surface area contributed by atoms with Crippen molar-refractivity contribution in [3.8, 4) is 55.6 Å². The molecule has 0 bridgehead atoms. The predicted molar refractivity (Wildman–Crippen MR) is 369 cm³/mol. The van der Waals surface area contributed by atoms with Crippen LogP contribution in [-0.2, 0) is 10.8 Å². The van der Waals surface area contributed by atoms with E-state index in [1.54, 1.807) is 0 Å². The third-order valence-corrected chi connectivity index (χ3v) is 18.3. The van der Waals surface area contributed by atoms with Gasteiger partial charge in [-0.15, -0.1) is 0 Å². The lowest BCUT2D eigenvalue weighted by Crippen LogP contribution is -2.56. The quantitative estimate of drug-likeness (QED) is 0.111. The van der Waals surface area contributed by atoms with Crippen LogP contribution < -0.4 is 20.7 Å².